The van der Waals surface area contributed by atoms with E-state index in [1.807, 2.05) is 71.1 Å². The van der Waals surface area contributed by atoms with Crippen LogP contribution in [0, 0.1) is 69.2 Å². The number of carbonyl (C=O) groups is 7. The van der Waals surface area contributed by atoms with Crippen molar-refractivity contribution in [1.29, 1.82) is 0 Å². The molecule has 17 heteroatoms. The van der Waals surface area contributed by atoms with Gasteiger partial charge >= 0.3 is 41.8 Å². The van der Waals surface area contributed by atoms with Crippen LogP contribution in [0.5, 0.6) is 28.7 Å². The maximum atomic E-state index is 13.8. The quantitative estimate of drug-likeness (QED) is 0.00733. The lowest BCUT2D eigenvalue weighted by atomic mass is 9.68. The molecule has 3 aliphatic rings. The van der Waals surface area contributed by atoms with Gasteiger partial charge in [-0.3, -0.25) is 9.59 Å². The first-order valence-corrected chi connectivity index (χ1v) is 38.3. The van der Waals surface area contributed by atoms with E-state index in [0.717, 1.165) is 104 Å². The fourth-order valence-electron chi connectivity index (χ4n) is 12.8. The van der Waals surface area contributed by atoms with Gasteiger partial charge in [0.25, 0.3) is 0 Å². The second-order valence-corrected chi connectivity index (χ2v) is 28.3. The Labute approximate surface area is 638 Å². The van der Waals surface area contributed by atoms with Gasteiger partial charge in [0.1, 0.15) is 28.7 Å². The first-order chi connectivity index (χ1) is 51.5. The number of hydrogen-bond donors (Lipinski definition) is 0. The topological polar surface area (TPSA) is 203 Å². The van der Waals surface area contributed by atoms with Crippen LogP contribution in [0.3, 0.4) is 0 Å². The van der Waals surface area contributed by atoms with E-state index in [-0.39, 0.29) is 23.8 Å². The number of esters is 7. The van der Waals surface area contributed by atoms with Crippen LogP contribution >= 0.6 is 22.6 Å². The molecule has 0 unspecified atom stereocenters. The molecule has 16 nitrogen and oxygen atoms in total. The van der Waals surface area contributed by atoms with Crippen LogP contribution in [0.4, 0.5) is 0 Å². The van der Waals surface area contributed by atoms with Crippen molar-refractivity contribution in [3.8, 4) is 64.8 Å². The van der Waals surface area contributed by atoms with Crippen molar-refractivity contribution in [3.05, 3.63) is 207 Å². The van der Waals surface area contributed by atoms with E-state index in [2.05, 4.69) is 56.6 Å². The second-order valence-electron chi connectivity index (χ2n) is 27.1. The van der Waals surface area contributed by atoms with Gasteiger partial charge in [0.2, 0.25) is 0 Å². The van der Waals surface area contributed by atoms with Gasteiger partial charge in [-0.1, -0.05) is 82.8 Å². The summed E-state index contributed by atoms with van der Waals surface area (Å²) in [4.78, 5) is 87.0. The zero-order valence-corrected chi connectivity index (χ0v) is 63.2. The molecule has 3 saturated carbocycles. The van der Waals surface area contributed by atoms with E-state index < -0.39 is 35.4 Å². The molecule has 6 aromatic carbocycles. The molecule has 106 heavy (non-hydrogen) atoms. The molecule has 0 radical (unpaired) electrons. The highest BCUT2D eigenvalue weighted by Gasteiger charge is 2.41. The second kappa shape index (κ2) is 44.2. The van der Waals surface area contributed by atoms with Gasteiger partial charge in [-0.2, -0.15) is 0 Å². The molecule has 6 aromatic rings. The molecule has 3 aliphatic carbocycles. The molecule has 3 fully saturated rings. The fraction of sp³-hybridized carbons (Fsp3) is 0.404. The summed E-state index contributed by atoms with van der Waals surface area (Å²) in [6, 6.07) is 40.3. The average molecular weight is 1550 g/mol. The highest BCUT2D eigenvalue weighted by molar-refractivity contribution is 14.1. The van der Waals surface area contributed by atoms with E-state index in [1.54, 1.807) is 91.0 Å². The van der Waals surface area contributed by atoms with E-state index in [9.17, 15) is 33.6 Å². The molecule has 0 aromatic heterocycles. The molecule has 0 atom stereocenters. The summed E-state index contributed by atoms with van der Waals surface area (Å²) in [7, 11) is 0. The smallest absolute Gasteiger partial charge is 0.343 e. The zero-order valence-electron chi connectivity index (χ0n) is 61.0. The van der Waals surface area contributed by atoms with Crippen molar-refractivity contribution < 1.29 is 76.2 Å². The van der Waals surface area contributed by atoms with E-state index in [4.69, 9.17) is 49.1 Å². The summed E-state index contributed by atoms with van der Waals surface area (Å²) in [5.74, 6) is 16.9. The molecule has 556 valence electrons. The molecule has 0 saturated heterocycles. The summed E-state index contributed by atoms with van der Waals surface area (Å²) in [6.07, 6.45) is 28.5. The van der Waals surface area contributed by atoms with Gasteiger partial charge in [-0.25, -0.2) is 24.0 Å². The molecular formula is C89H97IO16. The largest absolute Gasteiger partial charge is 0.494 e. The summed E-state index contributed by atoms with van der Waals surface area (Å²) in [5.41, 5.74) is 3.54. The lowest BCUT2D eigenvalue weighted by Gasteiger charge is -2.40. The molecule has 0 spiro atoms. The number of ether oxygens (including phenoxy) is 9. The minimum absolute atomic E-state index is 0.239. The standard InChI is InChI=1S/C54H58O8.C35H39IO8/c1-4-40-11-13-41(14-12-40)15-16-42-17-19-43(20-18-42)31-34-54(35-32-45(33-36-54)44-21-9-39(3)10-22-44)62-53(58)48-27-29-49(30-28-48)61-52(57)47-25-23-46(24-26-47)51(56)60-38-8-6-7-37-59-50(55)5-2;1-3-5-6-9-22-41-29-17-19-30(20-18-29)43-35(39)27-14-21-32(31(36)25-27)44-34(38)26-12-15-28(16-13-26)40-23-10-7-8-11-24-42-33(37)4-2/h1,5,11-14,17-20,27-30,39,44-47H,2,6-10,21-26,32-33,35-38H2,3H3;4,12-21,25H,2-3,5-11,22-24H2,1H3. The average Bonchev–Trinajstić information content (AvgIpc) is 0.800. The lowest BCUT2D eigenvalue weighted by molar-refractivity contribution is -0.152. The SMILES string of the molecule is C#Cc1ccc(C#Cc2ccc(C#CC3(OC(=O)c4ccc(OC(=O)C5CCC(C(=O)OCCCCCOC(=O)C=C)CC5)cc4)CCC(C4CCC(C)CC4)CC3)cc2)cc1.C=CC(=O)OCCCCCCOc1ccc(C(=O)Oc2ccc(C(=O)Oc3ccc(OCCCCCC)cc3)cc2I)cc1. The van der Waals surface area contributed by atoms with Crippen molar-refractivity contribution in [3.63, 3.8) is 0 Å². The van der Waals surface area contributed by atoms with Gasteiger partial charge in [0, 0.05) is 34.4 Å². The normalized spacial score (nSPS) is 17.8. The van der Waals surface area contributed by atoms with Crippen molar-refractivity contribution in [2.24, 2.45) is 29.6 Å². The van der Waals surface area contributed by atoms with Gasteiger partial charge < -0.3 is 42.6 Å². The number of unbranched alkanes of at least 4 members (excludes halogenated alkanes) is 8. The summed E-state index contributed by atoms with van der Waals surface area (Å²) in [6.45, 7) is 13.5. The van der Waals surface area contributed by atoms with E-state index >= 15 is 0 Å². The van der Waals surface area contributed by atoms with Crippen LogP contribution in [0.2, 0.25) is 0 Å². The van der Waals surface area contributed by atoms with Gasteiger partial charge in [0.05, 0.1) is 65.1 Å². The molecule has 0 bridgehead atoms. The third kappa shape index (κ3) is 27.9. The number of carbonyl (C=O) groups excluding carboxylic acids is 7. The Hall–Kier alpha value is -9.90. The maximum absolute atomic E-state index is 13.8. The van der Waals surface area contributed by atoms with Crippen LogP contribution in [-0.2, 0) is 38.1 Å². The molecule has 0 aliphatic heterocycles. The predicted molar refractivity (Wildman–Crippen MR) is 415 cm³/mol. The zero-order chi connectivity index (χ0) is 75.3. The van der Waals surface area contributed by atoms with Crippen molar-refractivity contribution >= 4 is 64.4 Å². The van der Waals surface area contributed by atoms with Crippen molar-refractivity contribution in [2.45, 2.75) is 167 Å². The number of halogens is 1. The van der Waals surface area contributed by atoms with Crippen LogP contribution in [0.1, 0.15) is 215 Å². The Bertz CT molecular complexity index is 4030. The molecular weight excluding hydrogens is 1450 g/mol. The summed E-state index contributed by atoms with van der Waals surface area (Å²) >= 11 is 2.02. The third-order valence-electron chi connectivity index (χ3n) is 19.2. The Morgan fingerprint density at radius 3 is 1.41 bits per heavy atom. The number of terminal acetylenes is 1. The summed E-state index contributed by atoms with van der Waals surface area (Å²) < 4.78 is 50.6. The van der Waals surface area contributed by atoms with E-state index in [0.29, 0.717) is 139 Å². The summed E-state index contributed by atoms with van der Waals surface area (Å²) in [5, 5.41) is 0. The number of benzene rings is 6. The Morgan fingerprint density at radius 1 is 0.453 bits per heavy atom. The van der Waals surface area contributed by atoms with Gasteiger partial charge in [0.15, 0.2) is 5.60 Å². The minimum atomic E-state index is -0.918. The molecule has 0 amide bonds. The number of hydrogen-bond acceptors (Lipinski definition) is 16. The Balaban J connectivity index is 0.000000284. The monoisotopic (exact) mass is 1550 g/mol. The first-order valence-electron chi connectivity index (χ1n) is 37.2. The Kier molecular flexibility index (Phi) is 34.1. The van der Waals surface area contributed by atoms with Crippen LogP contribution in [0.15, 0.2) is 165 Å². The van der Waals surface area contributed by atoms with Crippen molar-refractivity contribution in [1.82, 2.24) is 0 Å². The molecule has 0 N–H and O–H groups in total. The van der Waals surface area contributed by atoms with Crippen LogP contribution < -0.4 is 23.7 Å². The number of rotatable bonds is 32. The van der Waals surface area contributed by atoms with Crippen molar-refractivity contribution in [2.75, 3.05) is 33.0 Å². The van der Waals surface area contributed by atoms with Crippen LogP contribution in [0.25, 0.3) is 0 Å². The minimum Gasteiger partial charge on any atom is -0.494 e. The molecule has 9 rings (SSSR count). The van der Waals surface area contributed by atoms with Gasteiger partial charge in [-0.15, -0.1) is 6.42 Å². The third-order valence-corrected chi connectivity index (χ3v) is 20.0. The van der Waals surface area contributed by atoms with Gasteiger partial charge in [-0.05, 0) is 301 Å². The molecule has 0 heterocycles. The highest BCUT2D eigenvalue weighted by atomic mass is 127. The Morgan fingerprint density at radius 2 is 0.877 bits per heavy atom. The maximum Gasteiger partial charge on any atom is 0.343 e. The lowest BCUT2D eigenvalue weighted by Crippen LogP contribution is -2.39. The van der Waals surface area contributed by atoms with E-state index in [1.165, 1.54) is 38.5 Å². The first kappa shape index (κ1) is 81.8. The van der Waals surface area contributed by atoms with Crippen LogP contribution in [-0.4, -0.2) is 80.4 Å². The highest BCUT2D eigenvalue weighted by Crippen LogP contribution is 2.44. The predicted octanol–water partition coefficient (Wildman–Crippen LogP) is 18.5. The fourth-order valence-corrected chi connectivity index (χ4v) is 13.4.